The molecular formula is C19H22N2. The van der Waals surface area contributed by atoms with Gasteiger partial charge in [0.25, 0.3) is 0 Å². The van der Waals surface area contributed by atoms with Crippen molar-refractivity contribution in [1.82, 2.24) is 0 Å². The fourth-order valence-electron chi connectivity index (χ4n) is 2.80. The Morgan fingerprint density at radius 3 is 2.43 bits per heavy atom. The molecule has 2 aromatic rings. The van der Waals surface area contributed by atoms with Gasteiger partial charge in [-0.05, 0) is 42.5 Å². The zero-order chi connectivity index (χ0) is 14.8. The second kappa shape index (κ2) is 5.82. The van der Waals surface area contributed by atoms with Gasteiger partial charge in [0.1, 0.15) is 0 Å². The maximum Gasteiger partial charge on any atom is 0.0551 e. The van der Waals surface area contributed by atoms with E-state index >= 15 is 0 Å². The Bertz CT molecular complexity index is 639. The highest BCUT2D eigenvalue weighted by Gasteiger charge is 2.23. The maximum atomic E-state index is 8.32. The van der Waals surface area contributed by atoms with E-state index in [0.29, 0.717) is 5.92 Å². The highest BCUT2D eigenvalue weighted by molar-refractivity contribution is 6.00. The summed E-state index contributed by atoms with van der Waals surface area (Å²) in [5, 5.41) is 8.32. The summed E-state index contributed by atoms with van der Waals surface area (Å²) in [6.45, 7) is 2.08. The summed E-state index contributed by atoms with van der Waals surface area (Å²) in [6, 6.07) is 16.4. The second-order valence-corrected chi connectivity index (χ2v) is 6.06. The molecule has 21 heavy (non-hydrogen) atoms. The smallest absolute Gasteiger partial charge is 0.0551 e. The van der Waals surface area contributed by atoms with Crippen LogP contribution in [0.5, 0.6) is 0 Å². The third-order valence-corrected chi connectivity index (χ3v) is 4.51. The first kappa shape index (κ1) is 14.0. The van der Waals surface area contributed by atoms with Gasteiger partial charge in [0.2, 0.25) is 0 Å². The molecule has 2 heteroatoms. The molecule has 2 nitrogen and oxygen atoms in total. The van der Waals surface area contributed by atoms with Crippen molar-refractivity contribution in [2.75, 3.05) is 0 Å². The summed E-state index contributed by atoms with van der Waals surface area (Å²) in [6.07, 6.45) is 3.58. The molecule has 1 atom stereocenters. The van der Waals surface area contributed by atoms with Crippen molar-refractivity contribution >= 4 is 5.71 Å². The van der Waals surface area contributed by atoms with Gasteiger partial charge in [0, 0.05) is 11.6 Å². The van der Waals surface area contributed by atoms with Crippen molar-refractivity contribution in [1.29, 1.82) is 5.41 Å². The lowest BCUT2D eigenvalue weighted by molar-refractivity contribution is 0.412. The standard InChI is InChI=1S/C19H22N2/c1-13-8-10-15(11-9-13)19(21)17-7-3-6-16(12-17)18(20)14-4-2-5-14/h3,6-12,14,19-20H,2,4-5,21H2,1H3. The van der Waals surface area contributed by atoms with E-state index in [-0.39, 0.29) is 6.04 Å². The lowest BCUT2D eigenvalue weighted by atomic mass is 9.79. The molecule has 0 aromatic heterocycles. The third kappa shape index (κ3) is 2.91. The molecule has 1 aliphatic carbocycles. The Kier molecular flexibility index (Phi) is 3.89. The number of nitrogens with two attached hydrogens (primary N) is 1. The summed E-state index contributed by atoms with van der Waals surface area (Å²) in [7, 11) is 0. The minimum atomic E-state index is -0.125. The Morgan fingerprint density at radius 1 is 1.10 bits per heavy atom. The van der Waals surface area contributed by atoms with Gasteiger partial charge in [-0.2, -0.15) is 0 Å². The summed E-state index contributed by atoms with van der Waals surface area (Å²) < 4.78 is 0. The van der Waals surface area contributed by atoms with E-state index in [1.54, 1.807) is 0 Å². The van der Waals surface area contributed by atoms with Crippen LogP contribution in [0.1, 0.15) is 47.6 Å². The molecule has 0 bridgehead atoms. The molecule has 1 fully saturated rings. The van der Waals surface area contributed by atoms with Crippen LogP contribution in [-0.4, -0.2) is 5.71 Å². The molecular weight excluding hydrogens is 256 g/mol. The van der Waals surface area contributed by atoms with E-state index in [1.165, 1.54) is 12.0 Å². The van der Waals surface area contributed by atoms with Crippen molar-refractivity contribution in [3.63, 3.8) is 0 Å². The van der Waals surface area contributed by atoms with Crippen LogP contribution in [-0.2, 0) is 0 Å². The van der Waals surface area contributed by atoms with E-state index < -0.39 is 0 Å². The number of nitrogens with one attached hydrogen (secondary N) is 1. The summed E-state index contributed by atoms with van der Waals surface area (Å²) in [5.41, 5.74) is 11.6. The van der Waals surface area contributed by atoms with Gasteiger partial charge in [-0.15, -0.1) is 0 Å². The number of rotatable bonds is 4. The molecule has 1 unspecified atom stereocenters. The van der Waals surface area contributed by atoms with Gasteiger partial charge >= 0.3 is 0 Å². The van der Waals surface area contributed by atoms with Gasteiger partial charge in [0.05, 0.1) is 6.04 Å². The Morgan fingerprint density at radius 2 is 1.81 bits per heavy atom. The summed E-state index contributed by atoms with van der Waals surface area (Å²) in [5.74, 6) is 0.454. The van der Waals surface area contributed by atoms with Crippen molar-refractivity contribution < 1.29 is 0 Å². The first-order valence-electron chi connectivity index (χ1n) is 7.66. The molecule has 108 valence electrons. The van der Waals surface area contributed by atoms with E-state index in [1.807, 2.05) is 12.1 Å². The van der Waals surface area contributed by atoms with Gasteiger partial charge in [-0.3, -0.25) is 0 Å². The first-order valence-corrected chi connectivity index (χ1v) is 7.66. The van der Waals surface area contributed by atoms with Gasteiger partial charge in [-0.25, -0.2) is 0 Å². The fraction of sp³-hybridized carbons (Fsp3) is 0.316. The molecule has 1 saturated carbocycles. The topological polar surface area (TPSA) is 49.9 Å². The molecule has 0 radical (unpaired) electrons. The van der Waals surface area contributed by atoms with Crippen LogP contribution in [0.15, 0.2) is 48.5 Å². The number of hydrogen-bond donors (Lipinski definition) is 2. The van der Waals surface area contributed by atoms with Crippen LogP contribution in [0.25, 0.3) is 0 Å². The quantitative estimate of drug-likeness (QED) is 0.809. The highest BCUT2D eigenvalue weighted by atomic mass is 14.6. The monoisotopic (exact) mass is 278 g/mol. The van der Waals surface area contributed by atoms with Crippen LogP contribution in [0.2, 0.25) is 0 Å². The van der Waals surface area contributed by atoms with Crippen molar-refractivity contribution in [2.45, 2.75) is 32.2 Å². The molecule has 1 aliphatic rings. The van der Waals surface area contributed by atoms with Crippen LogP contribution < -0.4 is 5.73 Å². The van der Waals surface area contributed by atoms with E-state index in [2.05, 4.69) is 43.3 Å². The van der Waals surface area contributed by atoms with Crippen molar-refractivity contribution in [3.05, 3.63) is 70.8 Å². The van der Waals surface area contributed by atoms with Crippen LogP contribution in [0, 0.1) is 18.3 Å². The second-order valence-electron chi connectivity index (χ2n) is 6.06. The van der Waals surface area contributed by atoms with Gasteiger partial charge in [-0.1, -0.05) is 54.4 Å². The molecule has 0 saturated heterocycles. The highest BCUT2D eigenvalue weighted by Crippen LogP contribution is 2.30. The average molecular weight is 278 g/mol. The summed E-state index contributed by atoms with van der Waals surface area (Å²) >= 11 is 0. The average Bonchev–Trinajstić information content (AvgIpc) is 2.45. The Labute approximate surface area is 126 Å². The fourth-order valence-corrected chi connectivity index (χ4v) is 2.80. The van der Waals surface area contributed by atoms with E-state index in [0.717, 1.165) is 35.2 Å². The minimum absolute atomic E-state index is 0.125. The number of hydrogen-bond acceptors (Lipinski definition) is 2. The molecule has 3 rings (SSSR count). The molecule has 0 heterocycles. The van der Waals surface area contributed by atoms with E-state index in [4.69, 9.17) is 11.1 Å². The minimum Gasteiger partial charge on any atom is -0.320 e. The first-order chi connectivity index (χ1) is 10.1. The largest absolute Gasteiger partial charge is 0.320 e. The van der Waals surface area contributed by atoms with Crippen LogP contribution in [0.4, 0.5) is 0 Å². The molecule has 2 aromatic carbocycles. The Hall–Kier alpha value is -1.93. The van der Waals surface area contributed by atoms with Crippen molar-refractivity contribution in [2.24, 2.45) is 11.7 Å². The molecule has 3 N–H and O–H groups in total. The number of benzene rings is 2. The van der Waals surface area contributed by atoms with E-state index in [9.17, 15) is 0 Å². The SMILES string of the molecule is Cc1ccc(C(N)c2cccc(C(=N)C3CCC3)c2)cc1. The lowest BCUT2D eigenvalue weighted by Crippen LogP contribution is -2.22. The maximum absolute atomic E-state index is 8.32. The molecule has 0 spiro atoms. The predicted octanol–water partition coefficient (Wildman–Crippen LogP) is 4.21. The summed E-state index contributed by atoms with van der Waals surface area (Å²) in [4.78, 5) is 0. The van der Waals surface area contributed by atoms with Crippen LogP contribution in [0.3, 0.4) is 0 Å². The molecule has 0 amide bonds. The van der Waals surface area contributed by atoms with Crippen LogP contribution >= 0.6 is 0 Å². The zero-order valence-corrected chi connectivity index (χ0v) is 12.5. The van der Waals surface area contributed by atoms with Gasteiger partial charge in [0.15, 0.2) is 0 Å². The third-order valence-electron chi connectivity index (χ3n) is 4.51. The Balaban J connectivity index is 1.84. The van der Waals surface area contributed by atoms with Gasteiger partial charge < -0.3 is 11.1 Å². The predicted molar refractivity (Wildman–Crippen MR) is 87.8 cm³/mol. The normalized spacial score (nSPS) is 16.3. The molecule has 0 aliphatic heterocycles. The number of aryl methyl sites for hydroxylation is 1. The zero-order valence-electron chi connectivity index (χ0n) is 12.5. The van der Waals surface area contributed by atoms with Crippen molar-refractivity contribution in [3.8, 4) is 0 Å². The lowest BCUT2D eigenvalue weighted by Gasteiger charge is -2.26.